The lowest BCUT2D eigenvalue weighted by Crippen LogP contribution is -2.24. The number of aromatic amines is 1. The first-order chi connectivity index (χ1) is 13.4. The zero-order valence-corrected chi connectivity index (χ0v) is 15.9. The van der Waals surface area contributed by atoms with Gasteiger partial charge in [-0.1, -0.05) is 24.3 Å². The number of hydrogen-bond donors (Lipinski definition) is 2. The van der Waals surface area contributed by atoms with Crippen LogP contribution in [0.3, 0.4) is 0 Å². The Balaban J connectivity index is 1.71. The number of benzene rings is 2. The van der Waals surface area contributed by atoms with Gasteiger partial charge in [-0.15, -0.1) is 0 Å². The number of methoxy groups -OCH3 is 1. The van der Waals surface area contributed by atoms with Crippen LogP contribution >= 0.6 is 0 Å². The second-order valence-corrected chi connectivity index (χ2v) is 6.38. The molecule has 144 valence electrons. The smallest absolute Gasteiger partial charge is 0.331 e. The lowest BCUT2D eigenvalue weighted by atomic mass is 10.0. The summed E-state index contributed by atoms with van der Waals surface area (Å²) in [4.78, 5) is 28.1. The number of H-pyrrole nitrogens is 1. The van der Waals surface area contributed by atoms with E-state index in [1.54, 1.807) is 19.1 Å². The normalized spacial score (nSPS) is 12.2. The fraction of sp³-hybridized carbons (Fsp3) is 0.182. The van der Waals surface area contributed by atoms with Crippen LogP contribution in [0.1, 0.15) is 28.5 Å². The van der Waals surface area contributed by atoms with Crippen molar-refractivity contribution in [2.24, 2.45) is 0 Å². The van der Waals surface area contributed by atoms with Crippen LogP contribution in [0.15, 0.2) is 48.5 Å². The molecule has 0 amide bonds. The van der Waals surface area contributed by atoms with Gasteiger partial charge in [0.2, 0.25) is 5.78 Å². The van der Waals surface area contributed by atoms with Gasteiger partial charge in [-0.25, -0.2) is 4.79 Å². The van der Waals surface area contributed by atoms with E-state index in [0.29, 0.717) is 16.9 Å². The number of phenolic OH excluding ortho intramolecular Hbond substituents is 1. The largest absolute Gasteiger partial charge is 0.504 e. The van der Waals surface area contributed by atoms with Crippen LogP contribution in [0, 0.1) is 6.92 Å². The van der Waals surface area contributed by atoms with Crippen LogP contribution in [-0.4, -0.2) is 35.1 Å². The lowest BCUT2D eigenvalue weighted by molar-refractivity contribution is -0.140. The number of aryl methyl sites for hydroxylation is 1. The molecule has 0 aliphatic rings. The van der Waals surface area contributed by atoms with Crippen molar-refractivity contribution >= 4 is 28.7 Å². The molecule has 0 saturated heterocycles. The Morgan fingerprint density at radius 3 is 2.68 bits per heavy atom. The van der Waals surface area contributed by atoms with E-state index >= 15 is 0 Å². The Labute approximate surface area is 162 Å². The number of fused-ring (bicyclic) bond motifs is 1. The molecule has 0 saturated carbocycles. The average molecular weight is 379 g/mol. The number of aromatic hydroxyl groups is 1. The first kappa shape index (κ1) is 19.2. The molecule has 6 heteroatoms. The number of para-hydroxylation sites is 1. The third kappa shape index (κ3) is 3.91. The fourth-order valence-corrected chi connectivity index (χ4v) is 3.03. The van der Waals surface area contributed by atoms with E-state index in [1.807, 2.05) is 31.2 Å². The maximum Gasteiger partial charge on any atom is 0.331 e. The van der Waals surface area contributed by atoms with Crippen LogP contribution in [-0.2, 0) is 9.53 Å². The Bertz CT molecular complexity index is 1060. The van der Waals surface area contributed by atoms with E-state index in [-0.39, 0.29) is 11.5 Å². The average Bonchev–Trinajstić information content (AvgIpc) is 3.02. The summed E-state index contributed by atoms with van der Waals surface area (Å²) in [5.74, 6) is -0.585. The highest BCUT2D eigenvalue weighted by Crippen LogP contribution is 2.27. The summed E-state index contributed by atoms with van der Waals surface area (Å²) < 4.78 is 10.3. The third-order valence-electron chi connectivity index (χ3n) is 4.42. The number of carbonyl (C=O) groups excluding carboxylic acids is 2. The van der Waals surface area contributed by atoms with Crippen LogP contribution in [0.4, 0.5) is 0 Å². The highest BCUT2D eigenvalue weighted by Gasteiger charge is 2.23. The first-order valence-corrected chi connectivity index (χ1v) is 8.78. The molecule has 0 unspecified atom stereocenters. The Kier molecular flexibility index (Phi) is 5.49. The van der Waals surface area contributed by atoms with Gasteiger partial charge in [0.15, 0.2) is 17.6 Å². The van der Waals surface area contributed by atoms with Crippen molar-refractivity contribution in [1.82, 2.24) is 4.98 Å². The zero-order chi connectivity index (χ0) is 20.3. The van der Waals surface area contributed by atoms with Crippen molar-refractivity contribution in [2.75, 3.05) is 7.11 Å². The molecule has 0 aliphatic carbocycles. The number of esters is 1. The number of hydrogen-bond acceptors (Lipinski definition) is 5. The quantitative estimate of drug-likeness (QED) is 0.384. The van der Waals surface area contributed by atoms with Gasteiger partial charge in [-0.2, -0.15) is 0 Å². The van der Waals surface area contributed by atoms with E-state index in [1.165, 1.54) is 25.3 Å². The molecular formula is C22H21NO5. The van der Waals surface area contributed by atoms with Gasteiger partial charge >= 0.3 is 5.97 Å². The highest BCUT2D eigenvalue weighted by atomic mass is 16.5. The van der Waals surface area contributed by atoms with Gasteiger partial charge in [0.25, 0.3) is 0 Å². The number of ether oxygens (including phenoxy) is 2. The zero-order valence-electron chi connectivity index (χ0n) is 15.9. The number of Topliss-reactive ketones (excluding diaryl/α,β-unsaturated/α-hetero) is 1. The maximum absolute atomic E-state index is 12.8. The maximum atomic E-state index is 12.8. The van der Waals surface area contributed by atoms with Gasteiger partial charge in [-0.3, -0.25) is 4.79 Å². The molecular weight excluding hydrogens is 358 g/mol. The van der Waals surface area contributed by atoms with Crippen molar-refractivity contribution in [3.05, 3.63) is 65.4 Å². The number of rotatable bonds is 6. The summed E-state index contributed by atoms with van der Waals surface area (Å²) in [5, 5.41) is 10.4. The van der Waals surface area contributed by atoms with Crippen molar-refractivity contribution in [2.45, 2.75) is 20.0 Å². The van der Waals surface area contributed by atoms with E-state index < -0.39 is 12.1 Å². The standard InChI is InChI=1S/C22H21NO5/c1-13-21(16-6-4-5-7-17(16)23-13)22(26)14(2)28-20(25)11-9-15-8-10-18(24)19(12-15)27-3/h4-12,14,23-24H,1-3H3/b11-9+/t14-/m1/s1. The number of aromatic nitrogens is 1. The molecule has 1 heterocycles. The summed E-state index contributed by atoms with van der Waals surface area (Å²) >= 11 is 0. The van der Waals surface area contributed by atoms with Crippen LogP contribution in [0.25, 0.3) is 17.0 Å². The van der Waals surface area contributed by atoms with Crippen molar-refractivity contribution in [3.63, 3.8) is 0 Å². The molecule has 0 aliphatic heterocycles. The molecule has 2 N–H and O–H groups in total. The summed E-state index contributed by atoms with van der Waals surface area (Å²) in [6.45, 7) is 3.37. The lowest BCUT2D eigenvalue weighted by Gasteiger charge is -2.11. The molecule has 2 aromatic carbocycles. The monoisotopic (exact) mass is 379 g/mol. The molecule has 0 fully saturated rings. The minimum Gasteiger partial charge on any atom is -0.504 e. The Hall–Kier alpha value is -3.54. The second-order valence-electron chi connectivity index (χ2n) is 6.38. The Morgan fingerprint density at radius 2 is 1.93 bits per heavy atom. The highest BCUT2D eigenvalue weighted by molar-refractivity contribution is 6.11. The first-order valence-electron chi connectivity index (χ1n) is 8.78. The van der Waals surface area contributed by atoms with Crippen LogP contribution in [0.5, 0.6) is 11.5 Å². The second kappa shape index (κ2) is 8.00. The molecule has 1 atom stereocenters. The van der Waals surface area contributed by atoms with E-state index in [4.69, 9.17) is 9.47 Å². The van der Waals surface area contributed by atoms with E-state index in [9.17, 15) is 14.7 Å². The number of phenols is 1. The molecule has 3 aromatic rings. The topological polar surface area (TPSA) is 88.6 Å². The van der Waals surface area contributed by atoms with Gasteiger partial charge in [0, 0.05) is 28.2 Å². The molecule has 28 heavy (non-hydrogen) atoms. The van der Waals surface area contributed by atoms with Crippen LogP contribution in [0.2, 0.25) is 0 Å². The summed E-state index contributed by atoms with van der Waals surface area (Å²) in [5.41, 5.74) is 2.78. The van der Waals surface area contributed by atoms with Gasteiger partial charge < -0.3 is 19.6 Å². The van der Waals surface area contributed by atoms with E-state index in [0.717, 1.165) is 16.6 Å². The minimum atomic E-state index is -0.926. The predicted octanol–water partition coefficient (Wildman–Crippen LogP) is 4.02. The van der Waals surface area contributed by atoms with Gasteiger partial charge in [0.1, 0.15) is 0 Å². The fourth-order valence-electron chi connectivity index (χ4n) is 3.03. The number of nitrogens with one attached hydrogen (secondary N) is 1. The summed E-state index contributed by atoms with van der Waals surface area (Å²) in [7, 11) is 1.44. The van der Waals surface area contributed by atoms with Gasteiger partial charge in [-0.05, 0) is 43.7 Å². The van der Waals surface area contributed by atoms with Crippen molar-refractivity contribution in [3.8, 4) is 11.5 Å². The third-order valence-corrected chi connectivity index (χ3v) is 4.42. The van der Waals surface area contributed by atoms with Crippen molar-refractivity contribution < 1.29 is 24.2 Å². The molecule has 0 radical (unpaired) electrons. The summed E-state index contributed by atoms with van der Waals surface area (Å²) in [6.07, 6.45) is 1.83. The SMILES string of the molecule is COc1cc(/C=C/C(=O)O[C@H](C)C(=O)c2c(C)[nH]c3ccccc23)ccc1O. The van der Waals surface area contributed by atoms with Gasteiger partial charge in [0.05, 0.1) is 7.11 Å². The molecule has 0 bridgehead atoms. The van der Waals surface area contributed by atoms with E-state index in [2.05, 4.69) is 4.98 Å². The molecule has 6 nitrogen and oxygen atoms in total. The Morgan fingerprint density at radius 1 is 1.18 bits per heavy atom. The van der Waals surface area contributed by atoms with Crippen LogP contribution < -0.4 is 4.74 Å². The molecule has 3 rings (SSSR count). The number of carbonyl (C=O) groups is 2. The number of ketones is 1. The summed E-state index contributed by atoms with van der Waals surface area (Å²) in [6, 6.07) is 12.2. The molecule has 1 aromatic heterocycles. The predicted molar refractivity (Wildman–Crippen MR) is 107 cm³/mol. The van der Waals surface area contributed by atoms with Crippen molar-refractivity contribution in [1.29, 1.82) is 0 Å². The minimum absolute atomic E-state index is 0.00976. The molecule has 0 spiro atoms.